The summed E-state index contributed by atoms with van der Waals surface area (Å²) in [4.78, 5) is 25.6. The van der Waals surface area contributed by atoms with E-state index >= 15 is 0 Å². The number of allylic oxidation sites excluding steroid dienone is 1. The lowest BCUT2D eigenvalue weighted by Crippen LogP contribution is -2.54. The fourth-order valence-electron chi connectivity index (χ4n) is 3.42. The van der Waals surface area contributed by atoms with Gasteiger partial charge >= 0.3 is 11.9 Å². The normalized spacial score (nSPS) is 25.6. The van der Waals surface area contributed by atoms with Crippen LogP contribution in [0.4, 0.5) is 8.78 Å². The fraction of sp³-hybridized carbons (Fsp3) is 0.765. The van der Waals surface area contributed by atoms with E-state index in [2.05, 4.69) is 4.74 Å². The fourth-order valence-corrected chi connectivity index (χ4v) is 3.42. The maximum atomic E-state index is 14.3. The summed E-state index contributed by atoms with van der Waals surface area (Å²) in [7, 11) is 0. The molecule has 1 N–H and O–H groups in total. The molecule has 1 atom stereocenters. The highest BCUT2D eigenvalue weighted by Crippen LogP contribution is 2.39. The standard InChI is InChI=1S/C17H25F2NO4/c1-3-24-15(22)17(18,19)16(23)8-5-10-20(11-9-16)14(21)13-7-4-6-12(13)2/h23H,3-11H2,1-2H3. The van der Waals surface area contributed by atoms with E-state index in [1.165, 1.54) is 11.8 Å². The van der Waals surface area contributed by atoms with E-state index < -0.39 is 17.5 Å². The number of ether oxygens (including phenoxy) is 1. The molecule has 2 rings (SSSR count). The van der Waals surface area contributed by atoms with Gasteiger partial charge in [0.15, 0.2) is 0 Å². The topological polar surface area (TPSA) is 66.8 Å². The van der Waals surface area contributed by atoms with Crippen molar-refractivity contribution >= 4 is 11.9 Å². The highest BCUT2D eigenvalue weighted by Gasteiger charge is 2.59. The van der Waals surface area contributed by atoms with Crippen LogP contribution >= 0.6 is 0 Å². The largest absolute Gasteiger partial charge is 0.461 e. The van der Waals surface area contributed by atoms with Crippen LogP contribution in [-0.2, 0) is 14.3 Å². The molecule has 136 valence electrons. The zero-order valence-electron chi connectivity index (χ0n) is 14.2. The molecule has 1 amide bonds. The number of halogens is 2. The van der Waals surface area contributed by atoms with Crippen molar-refractivity contribution in [1.82, 2.24) is 4.90 Å². The summed E-state index contributed by atoms with van der Waals surface area (Å²) in [6, 6.07) is 0. The summed E-state index contributed by atoms with van der Waals surface area (Å²) in [5.74, 6) is -5.82. The Kier molecular flexibility index (Phi) is 5.63. The van der Waals surface area contributed by atoms with Crippen molar-refractivity contribution in [3.05, 3.63) is 11.1 Å². The van der Waals surface area contributed by atoms with Gasteiger partial charge in [-0.3, -0.25) is 4.79 Å². The van der Waals surface area contributed by atoms with Gasteiger partial charge in [-0.25, -0.2) is 4.79 Å². The minimum atomic E-state index is -3.98. The van der Waals surface area contributed by atoms with Gasteiger partial charge in [0.25, 0.3) is 0 Å². The minimum absolute atomic E-state index is 0.00110. The van der Waals surface area contributed by atoms with E-state index in [1.54, 1.807) is 0 Å². The summed E-state index contributed by atoms with van der Waals surface area (Å²) >= 11 is 0. The van der Waals surface area contributed by atoms with Crippen molar-refractivity contribution in [3.63, 3.8) is 0 Å². The highest BCUT2D eigenvalue weighted by atomic mass is 19.3. The maximum Gasteiger partial charge on any atom is 0.380 e. The molecule has 5 nitrogen and oxygen atoms in total. The van der Waals surface area contributed by atoms with E-state index in [9.17, 15) is 23.5 Å². The van der Waals surface area contributed by atoms with Gasteiger partial charge in [0, 0.05) is 25.1 Å². The molecule has 0 spiro atoms. The molecule has 0 radical (unpaired) electrons. The Bertz CT molecular complexity index is 547. The molecule has 0 bridgehead atoms. The van der Waals surface area contributed by atoms with Crippen molar-refractivity contribution in [1.29, 1.82) is 0 Å². The van der Waals surface area contributed by atoms with E-state index in [0.29, 0.717) is 13.0 Å². The van der Waals surface area contributed by atoms with Gasteiger partial charge in [-0.2, -0.15) is 8.78 Å². The Balaban J connectivity index is 2.10. The number of hydrogen-bond donors (Lipinski definition) is 1. The molecule has 7 heteroatoms. The minimum Gasteiger partial charge on any atom is -0.461 e. The molecule has 1 heterocycles. The van der Waals surface area contributed by atoms with Crippen molar-refractivity contribution in [2.75, 3.05) is 19.7 Å². The Morgan fingerprint density at radius 3 is 2.54 bits per heavy atom. The van der Waals surface area contributed by atoms with Crippen LogP contribution in [0.15, 0.2) is 11.1 Å². The van der Waals surface area contributed by atoms with Crippen LogP contribution in [-0.4, -0.2) is 53.1 Å². The third-order valence-corrected chi connectivity index (χ3v) is 4.97. The van der Waals surface area contributed by atoms with Crippen LogP contribution < -0.4 is 0 Å². The number of rotatable bonds is 4. The lowest BCUT2D eigenvalue weighted by atomic mass is 9.87. The Morgan fingerprint density at radius 1 is 1.25 bits per heavy atom. The van der Waals surface area contributed by atoms with Crippen LogP contribution in [0.3, 0.4) is 0 Å². The number of carbonyl (C=O) groups is 2. The molecule has 1 unspecified atom stereocenters. The molecular weight excluding hydrogens is 320 g/mol. The van der Waals surface area contributed by atoms with Gasteiger partial charge in [0.1, 0.15) is 5.60 Å². The number of esters is 1. The number of aliphatic hydroxyl groups is 1. The lowest BCUT2D eigenvalue weighted by Gasteiger charge is -2.33. The molecule has 1 aliphatic carbocycles. The van der Waals surface area contributed by atoms with E-state index in [0.717, 1.165) is 24.0 Å². The molecule has 0 aromatic heterocycles. The molecular formula is C17H25F2NO4. The van der Waals surface area contributed by atoms with Gasteiger partial charge in [0.05, 0.1) is 6.61 Å². The molecule has 1 aliphatic heterocycles. The van der Waals surface area contributed by atoms with Crippen LogP contribution in [0.25, 0.3) is 0 Å². The van der Waals surface area contributed by atoms with E-state index in [-0.39, 0.29) is 38.3 Å². The third-order valence-electron chi connectivity index (χ3n) is 4.97. The molecule has 0 aromatic rings. The summed E-state index contributed by atoms with van der Waals surface area (Å²) in [6.07, 6.45) is 2.15. The van der Waals surface area contributed by atoms with Crippen LogP contribution in [0, 0.1) is 0 Å². The highest BCUT2D eigenvalue weighted by molar-refractivity contribution is 5.94. The zero-order valence-corrected chi connectivity index (χ0v) is 14.2. The number of carbonyl (C=O) groups excluding carboxylic acids is 2. The number of alkyl halides is 2. The van der Waals surface area contributed by atoms with Crippen molar-refractivity contribution in [2.45, 2.75) is 63.9 Å². The van der Waals surface area contributed by atoms with Gasteiger partial charge in [-0.15, -0.1) is 0 Å². The number of amides is 1. The Morgan fingerprint density at radius 2 is 1.96 bits per heavy atom. The van der Waals surface area contributed by atoms with Crippen molar-refractivity contribution in [3.8, 4) is 0 Å². The molecule has 1 saturated heterocycles. The first-order valence-corrected chi connectivity index (χ1v) is 8.48. The van der Waals surface area contributed by atoms with Crippen molar-refractivity contribution in [2.24, 2.45) is 0 Å². The third kappa shape index (κ3) is 3.45. The zero-order chi connectivity index (χ0) is 18.0. The second-order valence-corrected chi connectivity index (χ2v) is 6.58. The Hall–Kier alpha value is -1.50. The van der Waals surface area contributed by atoms with Crippen LogP contribution in [0.5, 0.6) is 0 Å². The van der Waals surface area contributed by atoms with E-state index in [4.69, 9.17) is 0 Å². The first-order chi connectivity index (χ1) is 11.2. The number of nitrogens with zero attached hydrogens (tertiary/aromatic N) is 1. The predicted molar refractivity (Wildman–Crippen MR) is 83.5 cm³/mol. The molecule has 2 aliphatic rings. The summed E-state index contributed by atoms with van der Waals surface area (Å²) in [6.45, 7) is 3.48. The SMILES string of the molecule is CCOC(=O)C(F)(F)C1(O)CCCN(C(=O)C2=C(C)CCC2)CC1. The average Bonchev–Trinajstić information content (AvgIpc) is 2.84. The van der Waals surface area contributed by atoms with E-state index in [1.807, 2.05) is 6.92 Å². The number of likely N-dealkylation sites (tertiary alicyclic amines) is 1. The Labute approximate surface area is 140 Å². The maximum absolute atomic E-state index is 14.3. The second-order valence-electron chi connectivity index (χ2n) is 6.58. The molecule has 1 fully saturated rings. The first kappa shape index (κ1) is 18.8. The van der Waals surface area contributed by atoms with Crippen molar-refractivity contribution < 1.29 is 28.2 Å². The van der Waals surface area contributed by atoms with Crippen LogP contribution in [0.1, 0.15) is 52.4 Å². The summed E-state index contributed by atoms with van der Waals surface area (Å²) in [5.41, 5.74) is -0.665. The molecule has 0 aromatic carbocycles. The summed E-state index contributed by atoms with van der Waals surface area (Å²) in [5, 5.41) is 10.4. The van der Waals surface area contributed by atoms with Gasteiger partial charge in [-0.1, -0.05) is 5.57 Å². The number of hydrogen-bond acceptors (Lipinski definition) is 4. The quantitative estimate of drug-likeness (QED) is 0.795. The molecule has 24 heavy (non-hydrogen) atoms. The van der Waals surface area contributed by atoms with Crippen LogP contribution in [0.2, 0.25) is 0 Å². The average molecular weight is 345 g/mol. The second kappa shape index (κ2) is 7.17. The predicted octanol–water partition coefficient (Wildman–Crippen LogP) is 2.43. The van der Waals surface area contributed by atoms with Gasteiger partial charge in [-0.05, 0) is 46.0 Å². The summed E-state index contributed by atoms with van der Waals surface area (Å²) < 4.78 is 33.0. The van der Waals surface area contributed by atoms with Gasteiger partial charge < -0.3 is 14.7 Å². The monoisotopic (exact) mass is 345 g/mol. The molecule has 0 saturated carbocycles. The lowest BCUT2D eigenvalue weighted by molar-refractivity contribution is -0.216. The smallest absolute Gasteiger partial charge is 0.380 e. The van der Waals surface area contributed by atoms with Gasteiger partial charge in [0.2, 0.25) is 5.91 Å². The first-order valence-electron chi connectivity index (χ1n) is 8.48.